The van der Waals surface area contributed by atoms with Crippen LogP contribution in [0.4, 0.5) is 0 Å². The third-order valence-electron chi connectivity index (χ3n) is 3.49. The molecule has 0 aliphatic heterocycles. The molecule has 0 heterocycles. The van der Waals surface area contributed by atoms with Crippen molar-refractivity contribution in [2.45, 2.75) is 4.90 Å². The molecule has 3 rings (SSSR count). The molecule has 0 atom stereocenters. The van der Waals surface area contributed by atoms with Crippen LogP contribution >= 0.6 is 11.8 Å². The highest BCUT2D eigenvalue weighted by Crippen LogP contribution is 2.43. The number of benzene rings is 3. The van der Waals surface area contributed by atoms with Gasteiger partial charge in [0.2, 0.25) is 0 Å². The lowest BCUT2D eigenvalue weighted by atomic mass is 9.93. The summed E-state index contributed by atoms with van der Waals surface area (Å²) < 4.78 is 0. The minimum Gasteiger partial charge on any atom is -0.507 e. The summed E-state index contributed by atoms with van der Waals surface area (Å²) in [5, 5.41) is 10.4. The van der Waals surface area contributed by atoms with Crippen molar-refractivity contribution < 1.29 is 5.11 Å². The Hall–Kier alpha value is -2.19. The number of hydrogen-bond donors (Lipinski definition) is 1. The number of thioether (sulfide) groups is 1. The zero-order chi connectivity index (χ0) is 14.7. The Labute approximate surface area is 129 Å². The van der Waals surface area contributed by atoms with Gasteiger partial charge in [-0.05, 0) is 29.5 Å². The molecule has 0 spiro atoms. The standard InChI is InChI=1S/C19H16OS/c1-21-17-13-12-16(20)18(14-8-4-2-5-9-14)19(17)15-10-6-3-7-11-15/h2-13,20H,1H3. The minimum atomic E-state index is 0.317. The van der Waals surface area contributed by atoms with Crippen LogP contribution in [0.1, 0.15) is 0 Å². The lowest BCUT2D eigenvalue weighted by Crippen LogP contribution is -1.89. The zero-order valence-corrected chi connectivity index (χ0v) is 12.6. The predicted molar refractivity (Wildman–Crippen MR) is 90.8 cm³/mol. The van der Waals surface area contributed by atoms with Gasteiger partial charge in [0, 0.05) is 16.0 Å². The smallest absolute Gasteiger partial charge is 0.124 e. The molecule has 0 radical (unpaired) electrons. The third kappa shape index (κ3) is 2.67. The average molecular weight is 292 g/mol. The summed E-state index contributed by atoms with van der Waals surface area (Å²) in [7, 11) is 0. The van der Waals surface area contributed by atoms with Crippen LogP contribution in [0.25, 0.3) is 22.3 Å². The molecule has 0 fully saturated rings. The summed E-state index contributed by atoms with van der Waals surface area (Å²) in [6.45, 7) is 0. The summed E-state index contributed by atoms with van der Waals surface area (Å²) >= 11 is 1.70. The number of rotatable bonds is 3. The average Bonchev–Trinajstić information content (AvgIpc) is 2.56. The zero-order valence-electron chi connectivity index (χ0n) is 11.8. The normalized spacial score (nSPS) is 10.5. The predicted octanol–water partition coefficient (Wildman–Crippen LogP) is 5.45. The van der Waals surface area contributed by atoms with Gasteiger partial charge in [-0.3, -0.25) is 0 Å². The van der Waals surface area contributed by atoms with Crippen LogP contribution in [0.3, 0.4) is 0 Å². The maximum atomic E-state index is 10.4. The lowest BCUT2D eigenvalue weighted by molar-refractivity contribution is 0.477. The minimum absolute atomic E-state index is 0.317. The van der Waals surface area contributed by atoms with Gasteiger partial charge in [-0.15, -0.1) is 11.8 Å². The van der Waals surface area contributed by atoms with Crippen LogP contribution in [-0.4, -0.2) is 11.4 Å². The summed E-state index contributed by atoms with van der Waals surface area (Å²) in [6, 6.07) is 24.0. The fourth-order valence-electron chi connectivity index (χ4n) is 2.53. The van der Waals surface area contributed by atoms with Crippen LogP contribution in [-0.2, 0) is 0 Å². The molecule has 0 amide bonds. The Morgan fingerprint density at radius 1 is 0.667 bits per heavy atom. The van der Waals surface area contributed by atoms with E-state index < -0.39 is 0 Å². The maximum Gasteiger partial charge on any atom is 0.124 e. The largest absolute Gasteiger partial charge is 0.507 e. The molecule has 0 unspecified atom stereocenters. The second kappa shape index (κ2) is 6.06. The molecule has 1 N–H and O–H groups in total. The van der Waals surface area contributed by atoms with Crippen molar-refractivity contribution >= 4 is 11.8 Å². The quantitative estimate of drug-likeness (QED) is 0.648. The number of phenols is 1. The van der Waals surface area contributed by atoms with Gasteiger partial charge in [-0.25, -0.2) is 0 Å². The Balaban J connectivity index is 2.33. The van der Waals surface area contributed by atoms with Gasteiger partial charge in [0.05, 0.1) is 0 Å². The van der Waals surface area contributed by atoms with Gasteiger partial charge in [-0.2, -0.15) is 0 Å². The lowest BCUT2D eigenvalue weighted by Gasteiger charge is -2.16. The van der Waals surface area contributed by atoms with E-state index in [0.29, 0.717) is 5.75 Å². The molecule has 0 aliphatic carbocycles. The Kier molecular flexibility index (Phi) is 3.98. The number of phenolic OH excluding ortho intramolecular Hbond substituents is 1. The van der Waals surface area contributed by atoms with E-state index in [0.717, 1.165) is 27.1 Å². The molecule has 3 aromatic rings. The van der Waals surface area contributed by atoms with Crippen molar-refractivity contribution in [1.82, 2.24) is 0 Å². The van der Waals surface area contributed by atoms with Gasteiger partial charge < -0.3 is 5.11 Å². The van der Waals surface area contributed by atoms with Crippen molar-refractivity contribution in [3.8, 4) is 28.0 Å². The second-order valence-corrected chi connectivity index (χ2v) is 5.62. The number of aromatic hydroxyl groups is 1. The van der Waals surface area contributed by atoms with Crippen molar-refractivity contribution in [2.24, 2.45) is 0 Å². The Bertz CT molecular complexity index is 736. The summed E-state index contributed by atoms with van der Waals surface area (Å²) in [4.78, 5) is 1.16. The van der Waals surface area contributed by atoms with Crippen molar-refractivity contribution in [2.75, 3.05) is 6.26 Å². The van der Waals surface area contributed by atoms with E-state index in [1.165, 1.54) is 0 Å². The molecule has 0 saturated heterocycles. The van der Waals surface area contributed by atoms with Crippen LogP contribution in [0, 0.1) is 0 Å². The van der Waals surface area contributed by atoms with Gasteiger partial charge in [-0.1, -0.05) is 60.7 Å². The van der Waals surface area contributed by atoms with Gasteiger partial charge >= 0.3 is 0 Å². The van der Waals surface area contributed by atoms with Crippen LogP contribution in [0.15, 0.2) is 77.7 Å². The molecule has 3 aromatic carbocycles. The summed E-state index contributed by atoms with van der Waals surface area (Å²) in [6.07, 6.45) is 2.06. The first-order valence-electron chi connectivity index (χ1n) is 6.82. The monoisotopic (exact) mass is 292 g/mol. The van der Waals surface area contributed by atoms with Crippen molar-refractivity contribution in [1.29, 1.82) is 0 Å². The van der Waals surface area contributed by atoms with E-state index in [-0.39, 0.29) is 0 Å². The van der Waals surface area contributed by atoms with E-state index in [1.54, 1.807) is 17.8 Å². The van der Waals surface area contributed by atoms with E-state index in [4.69, 9.17) is 0 Å². The molecule has 21 heavy (non-hydrogen) atoms. The SMILES string of the molecule is CSc1ccc(O)c(-c2ccccc2)c1-c1ccccc1. The van der Waals surface area contributed by atoms with Crippen molar-refractivity contribution in [3.63, 3.8) is 0 Å². The fourth-order valence-corrected chi connectivity index (χ4v) is 3.16. The highest BCUT2D eigenvalue weighted by atomic mass is 32.2. The third-order valence-corrected chi connectivity index (χ3v) is 4.27. The maximum absolute atomic E-state index is 10.4. The van der Waals surface area contributed by atoms with Gasteiger partial charge in [0.1, 0.15) is 5.75 Å². The van der Waals surface area contributed by atoms with Gasteiger partial charge in [0.15, 0.2) is 0 Å². The topological polar surface area (TPSA) is 20.2 Å². The molecular weight excluding hydrogens is 276 g/mol. The summed E-state index contributed by atoms with van der Waals surface area (Å²) in [5.41, 5.74) is 4.14. The summed E-state index contributed by atoms with van der Waals surface area (Å²) in [5.74, 6) is 0.317. The molecule has 0 aromatic heterocycles. The first kappa shape index (κ1) is 13.8. The Morgan fingerprint density at radius 2 is 1.19 bits per heavy atom. The molecule has 0 saturated carbocycles. The number of hydrogen-bond acceptors (Lipinski definition) is 2. The highest BCUT2D eigenvalue weighted by molar-refractivity contribution is 7.98. The Morgan fingerprint density at radius 3 is 1.71 bits per heavy atom. The first-order valence-corrected chi connectivity index (χ1v) is 8.04. The van der Waals surface area contributed by atoms with Crippen LogP contribution in [0.5, 0.6) is 5.75 Å². The molecule has 2 heteroatoms. The van der Waals surface area contributed by atoms with Crippen molar-refractivity contribution in [3.05, 3.63) is 72.8 Å². The highest BCUT2D eigenvalue weighted by Gasteiger charge is 2.15. The van der Waals surface area contributed by atoms with Gasteiger partial charge in [0.25, 0.3) is 0 Å². The van der Waals surface area contributed by atoms with E-state index in [2.05, 4.69) is 18.4 Å². The van der Waals surface area contributed by atoms with Crippen LogP contribution in [0.2, 0.25) is 0 Å². The van der Waals surface area contributed by atoms with E-state index in [1.807, 2.05) is 54.6 Å². The molecule has 1 nitrogen and oxygen atoms in total. The van der Waals surface area contributed by atoms with Crippen LogP contribution < -0.4 is 0 Å². The van der Waals surface area contributed by atoms with E-state index in [9.17, 15) is 5.11 Å². The molecule has 0 aliphatic rings. The second-order valence-electron chi connectivity index (χ2n) is 4.77. The molecular formula is C19H16OS. The molecule has 104 valence electrons. The fraction of sp³-hybridized carbons (Fsp3) is 0.0526. The molecule has 0 bridgehead atoms. The van der Waals surface area contributed by atoms with E-state index >= 15 is 0 Å². The first-order chi connectivity index (χ1) is 10.3.